The molecule has 0 spiro atoms. The highest BCUT2D eigenvalue weighted by Crippen LogP contribution is 2.37. The quantitative estimate of drug-likeness (QED) is 0.686. The van der Waals surface area contributed by atoms with E-state index in [2.05, 4.69) is 21.0 Å². The van der Waals surface area contributed by atoms with Crippen molar-refractivity contribution in [1.82, 2.24) is 21.0 Å². The fraction of sp³-hybridized carbons (Fsp3) is 0.615. The monoisotopic (exact) mass is 262 g/mol. The molecule has 0 saturated heterocycles. The number of fused-ring (bicyclic) bond motifs is 1. The first-order valence-corrected chi connectivity index (χ1v) is 6.83. The summed E-state index contributed by atoms with van der Waals surface area (Å²) in [4.78, 5) is 23.6. The van der Waals surface area contributed by atoms with E-state index in [1.54, 1.807) is 0 Å². The van der Waals surface area contributed by atoms with Gasteiger partial charge in [0.15, 0.2) is 5.69 Å². The fourth-order valence-corrected chi connectivity index (χ4v) is 2.63. The second kappa shape index (κ2) is 4.68. The highest BCUT2D eigenvalue weighted by molar-refractivity contribution is 5.95. The Bertz CT molecular complexity index is 523. The number of amides is 2. The Balaban J connectivity index is 1.61. The molecule has 1 aromatic heterocycles. The molecule has 3 N–H and O–H groups in total. The highest BCUT2D eigenvalue weighted by atomic mass is 16.2. The van der Waals surface area contributed by atoms with Crippen LogP contribution in [-0.4, -0.2) is 22.0 Å². The fourth-order valence-electron chi connectivity index (χ4n) is 2.63. The molecule has 0 bridgehead atoms. The van der Waals surface area contributed by atoms with Gasteiger partial charge < -0.3 is 0 Å². The topological polar surface area (TPSA) is 86.9 Å². The molecule has 0 aromatic carbocycles. The number of hydrogen-bond donors (Lipinski definition) is 3. The maximum atomic E-state index is 12.0. The Morgan fingerprint density at radius 2 is 2.00 bits per heavy atom. The second-order valence-corrected chi connectivity index (χ2v) is 5.50. The van der Waals surface area contributed by atoms with Crippen molar-refractivity contribution in [2.24, 2.45) is 11.8 Å². The van der Waals surface area contributed by atoms with Gasteiger partial charge in [-0.25, -0.2) is 0 Å². The smallest absolute Gasteiger partial charge is 0.281 e. The lowest BCUT2D eigenvalue weighted by Crippen LogP contribution is -2.43. The van der Waals surface area contributed by atoms with Crippen molar-refractivity contribution in [2.45, 2.75) is 39.0 Å². The minimum atomic E-state index is -0.332. The highest BCUT2D eigenvalue weighted by Gasteiger charge is 2.39. The summed E-state index contributed by atoms with van der Waals surface area (Å²) in [6, 6.07) is 0. The largest absolute Gasteiger partial charge is 0.290 e. The van der Waals surface area contributed by atoms with E-state index in [9.17, 15) is 9.59 Å². The van der Waals surface area contributed by atoms with Crippen LogP contribution in [0.25, 0.3) is 0 Å². The van der Waals surface area contributed by atoms with E-state index in [-0.39, 0.29) is 17.7 Å². The number of carbonyl (C=O) groups excluding carboxylic acids is 2. The Hall–Kier alpha value is -1.85. The SMILES string of the molecule is C[C@@H]1C[C@@H]1C(=O)NNC(=O)c1n[nH]c2c1CCCC2. The van der Waals surface area contributed by atoms with Gasteiger partial charge in [0.1, 0.15) is 0 Å². The number of aromatic nitrogens is 2. The molecule has 0 unspecified atom stereocenters. The van der Waals surface area contributed by atoms with Crippen molar-refractivity contribution in [1.29, 1.82) is 0 Å². The number of carbonyl (C=O) groups is 2. The molecule has 0 radical (unpaired) electrons. The lowest BCUT2D eigenvalue weighted by molar-refractivity contribution is -0.123. The zero-order chi connectivity index (χ0) is 13.4. The molecular weight excluding hydrogens is 244 g/mol. The van der Waals surface area contributed by atoms with Crippen molar-refractivity contribution in [3.8, 4) is 0 Å². The molecule has 1 fully saturated rings. The Labute approximate surface area is 111 Å². The summed E-state index contributed by atoms with van der Waals surface area (Å²) >= 11 is 0. The molecule has 1 saturated carbocycles. The number of nitrogens with one attached hydrogen (secondary N) is 3. The minimum absolute atomic E-state index is 0.0494. The number of hydrogen-bond acceptors (Lipinski definition) is 3. The number of nitrogens with zero attached hydrogens (tertiary/aromatic N) is 1. The van der Waals surface area contributed by atoms with Gasteiger partial charge in [0.2, 0.25) is 5.91 Å². The first kappa shape index (κ1) is 12.2. The molecule has 0 aliphatic heterocycles. The summed E-state index contributed by atoms with van der Waals surface area (Å²) < 4.78 is 0. The maximum absolute atomic E-state index is 12.0. The summed E-state index contributed by atoms with van der Waals surface area (Å²) in [5, 5.41) is 6.98. The predicted molar refractivity (Wildman–Crippen MR) is 68.1 cm³/mol. The number of aromatic amines is 1. The number of rotatable bonds is 2. The average molecular weight is 262 g/mol. The van der Waals surface area contributed by atoms with Crippen LogP contribution in [0.15, 0.2) is 0 Å². The van der Waals surface area contributed by atoms with Crippen LogP contribution in [0.2, 0.25) is 0 Å². The van der Waals surface area contributed by atoms with Gasteiger partial charge in [-0.15, -0.1) is 0 Å². The number of H-pyrrole nitrogens is 1. The van der Waals surface area contributed by atoms with Crippen LogP contribution in [0.5, 0.6) is 0 Å². The number of aryl methyl sites for hydroxylation is 1. The Morgan fingerprint density at radius 3 is 2.74 bits per heavy atom. The standard InChI is InChI=1S/C13H18N4O2/c1-7-6-9(7)12(18)16-17-13(19)11-8-4-2-3-5-10(8)14-15-11/h7,9H,2-6H2,1H3,(H,14,15)(H,16,18)(H,17,19)/t7-,9+/m1/s1. The molecule has 6 heteroatoms. The van der Waals surface area contributed by atoms with Gasteiger partial charge in [-0.05, 0) is 38.0 Å². The van der Waals surface area contributed by atoms with Crippen molar-refractivity contribution < 1.29 is 9.59 Å². The Morgan fingerprint density at radius 1 is 1.26 bits per heavy atom. The summed E-state index contributed by atoms with van der Waals surface area (Å²) in [5.41, 5.74) is 7.40. The molecule has 1 aromatic rings. The molecular formula is C13H18N4O2. The normalized spacial score (nSPS) is 24.5. The zero-order valence-corrected chi connectivity index (χ0v) is 11.0. The van der Waals surface area contributed by atoms with Crippen molar-refractivity contribution in [2.75, 3.05) is 0 Å². The molecule has 19 heavy (non-hydrogen) atoms. The van der Waals surface area contributed by atoms with E-state index in [1.807, 2.05) is 6.92 Å². The first-order valence-electron chi connectivity index (χ1n) is 6.83. The summed E-state index contributed by atoms with van der Waals surface area (Å²) in [6.45, 7) is 2.02. The van der Waals surface area contributed by atoms with Crippen LogP contribution in [-0.2, 0) is 17.6 Å². The predicted octanol–water partition coefficient (Wildman–Crippen LogP) is 0.705. The number of hydrazine groups is 1. The first-order chi connectivity index (χ1) is 9.16. The molecule has 2 atom stereocenters. The molecule has 2 aliphatic rings. The van der Waals surface area contributed by atoms with Gasteiger partial charge in [0, 0.05) is 17.2 Å². The average Bonchev–Trinajstić information content (AvgIpc) is 3.00. The van der Waals surface area contributed by atoms with E-state index >= 15 is 0 Å². The Kier molecular flexibility index (Phi) is 3.00. The van der Waals surface area contributed by atoms with Crippen LogP contribution < -0.4 is 10.9 Å². The van der Waals surface area contributed by atoms with Crippen LogP contribution in [0.4, 0.5) is 0 Å². The maximum Gasteiger partial charge on any atom is 0.290 e. The van der Waals surface area contributed by atoms with E-state index in [0.717, 1.165) is 43.4 Å². The lowest BCUT2D eigenvalue weighted by atomic mass is 9.96. The van der Waals surface area contributed by atoms with Crippen molar-refractivity contribution in [3.63, 3.8) is 0 Å². The molecule has 6 nitrogen and oxygen atoms in total. The second-order valence-electron chi connectivity index (χ2n) is 5.50. The van der Waals surface area contributed by atoms with Gasteiger partial charge in [0.25, 0.3) is 5.91 Å². The third-order valence-corrected chi connectivity index (χ3v) is 4.02. The molecule has 3 rings (SSSR count). The third kappa shape index (κ3) is 2.34. The van der Waals surface area contributed by atoms with Crippen LogP contribution >= 0.6 is 0 Å². The molecule has 1 heterocycles. The zero-order valence-electron chi connectivity index (χ0n) is 11.0. The van der Waals surface area contributed by atoms with Gasteiger partial charge in [-0.2, -0.15) is 5.10 Å². The molecule has 102 valence electrons. The van der Waals surface area contributed by atoms with Crippen molar-refractivity contribution >= 4 is 11.8 Å². The summed E-state index contributed by atoms with van der Waals surface area (Å²) in [6.07, 6.45) is 4.94. The van der Waals surface area contributed by atoms with Crippen LogP contribution in [0.1, 0.15) is 47.9 Å². The van der Waals surface area contributed by atoms with Gasteiger partial charge in [-0.1, -0.05) is 6.92 Å². The van der Waals surface area contributed by atoms with Crippen molar-refractivity contribution in [3.05, 3.63) is 17.0 Å². The summed E-state index contributed by atoms with van der Waals surface area (Å²) in [7, 11) is 0. The summed E-state index contributed by atoms with van der Waals surface area (Å²) in [5.74, 6) is 0.0368. The van der Waals surface area contributed by atoms with Gasteiger partial charge >= 0.3 is 0 Å². The minimum Gasteiger partial charge on any atom is -0.281 e. The van der Waals surface area contributed by atoms with E-state index in [4.69, 9.17) is 0 Å². The van der Waals surface area contributed by atoms with E-state index in [1.165, 1.54) is 0 Å². The van der Waals surface area contributed by atoms with E-state index < -0.39 is 0 Å². The molecule has 2 aliphatic carbocycles. The van der Waals surface area contributed by atoms with Gasteiger partial charge in [-0.3, -0.25) is 25.5 Å². The molecule has 2 amide bonds. The van der Waals surface area contributed by atoms with Gasteiger partial charge in [0.05, 0.1) is 0 Å². The van der Waals surface area contributed by atoms with Crippen LogP contribution in [0.3, 0.4) is 0 Å². The van der Waals surface area contributed by atoms with E-state index in [0.29, 0.717) is 11.6 Å². The van der Waals surface area contributed by atoms with Crippen LogP contribution in [0, 0.1) is 11.8 Å². The third-order valence-electron chi connectivity index (χ3n) is 4.02. The lowest BCUT2D eigenvalue weighted by Gasteiger charge is -2.11.